The second kappa shape index (κ2) is 4.37. The lowest BCUT2D eigenvalue weighted by atomic mass is 10.3. The van der Waals surface area contributed by atoms with Crippen molar-refractivity contribution in [1.82, 2.24) is 14.5 Å². The highest BCUT2D eigenvalue weighted by atomic mass is 35.5. The highest BCUT2D eigenvalue weighted by Gasteiger charge is 2.20. The molecule has 1 aromatic rings. The Morgan fingerprint density at radius 2 is 2.18 bits per heavy atom. The predicted octanol–water partition coefficient (Wildman–Crippen LogP) is 0.300. The average molecular weight is 257 g/mol. The van der Waals surface area contributed by atoms with Crippen LogP contribution in [0.1, 0.15) is 18.5 Å². The van der Waals surface area contributed by atoms with Gasteiger partial charge in [0.05, 0.1) is 18.1 Å². The van der Waals surface area contributed by atoms with Gasteiger partial charge in [0.2, 0.25) is 0 Å². The Labute approximate surface area is 102 Å². The van der Waals surface area contributed by atoms with Gasteiger partial charge in [-0.15, -0.1) is 0 Å². The number of likely N-dealkylation sites (tertiary alicyclic amines) is 1. The van der Waals surface area contributed by atoms with Crippen molar-refractivity contribution in [2.24, 2.45) is 7.05 Å². The zero-order chi connectivity index (χ0) is 12.6. The number of hydrogen-bond acceptors (Lipinski definition) is 3. The summed E-state index contributed by atoms with van der Waals surface area (Å²) in [7, 11) is 1.55. The molecule has 0 unspecified atom stereocenters. The first-order chi connectivity index (χ1) is 8.00. The third-order valence-electron chi connectivity index (χ3n) is 2.95. The average Bonchev–Trinajstić information content (AvgIpc) is 2.68. The molecule has 2 rings (SSSR count). The van der Waals surface area contributed by atoms with E-state index in [-0.39, 0.29) is 5.02 Å². The highest BCUT2D eigenvalue weighted by molar-refractivity contribution is 6.31. The Kier molecular flexibility index (Phi) is 3.06. The van der Waals surface area contributed by atoms with Gasteiger partial charge in [0.1, 0.15) is 5.02 Å². The Morgan fingerprint density at radius 1 is 1.47 bits per heavy atom. The monoisotopic (exact) mass is 256 g/mol. The van der Waals surface area contributed by atoms with Crippen LogP contribution in [0.5, 0.6) is 0 Å². The van der Waals surface area contributed by atoms with Crippen LogP contribution in [0.4, 0.5) is 0 Å². The van der Waals surface area contributed by atoms with Crippen molar-refractivity contribution < 1.29 is 0 Å². The Balaban J connectivity index is 2.42. The van der Waals surface area contributed by atoms with Gasteiger partial charge < -0.3 is 4.90 Å². The fourth-order valence-corrected chi connectivity index (χ4v) is 2.13. The Morgan fingerprint density at radius 3 is 2.76 bits per heavy atom. The molecule has 0 bridgehead atoms. The van der Waals surface area contributed by atoms with Crippen LogP contribution in [0.15, 0.2) is 9.59 Å². The molecule has 7 heteroatoms. The highest BCUT2D eigenvalue weighted by Crippen LogP contribution is 2.16. The van der Waals surface area contributed by atoms with Crippen molar-refractivity contribution in [3.63, 3.8) is 0 Å². The molecule has 0 radical (unpaired) electrons. The predicted molar refractivity (Wildman–Crippen MR) is 64.7 cm³/mol. The summed E-state index contributed by atoms with van der Waals surface area (Å²) >= 11 is 5.90. The minimum Gasteiger partial charge on any atom is -0.355 e. The maximum atomic E-state index is 11.4. The standard InChI is InChI=1S/C10H13ClN4O2/c1-14-6(5-15-4-2-3-7(15)12)8(11)9(16)13-10(14)17/h12H,2-5H2,1H3,(H,13,16,17). The maximum Gasteiger partial charge on any atom is 0.328 e. The molecule has 92 valence electrons. The summed E-state index contributed by atoms with van der Waals surface area (Å²) in [5.41, 5.74) is -0.609. The van der Waals surface area contributed by atoms with Gasteiger partial charge in [0, 0.05) is 20.0 Å². The molecule has 2 heterocycles. The number of halogens is 1. The van der Waals surface area contributed by atoms with E-state index in [0.29, 0.717) is 18.1 Å². The molecule has 1 aliphatic heterocycles. The van der Waals surface area contributed by atoms with E-state index < -0.39 is 11.2 Å². The fourth-order valence-electron chi connectivity index (χ4n) is 1.90. The molecule has 0 amide bonds. The molecule has 1 aromatic heterocycles. The number of aromatic nitrogens is 2. The molecule has 1 fully saturated rings. The second-order valence-electron chi connectivity index (χ2n) is 4.05. The van der Waals surface area contributed by atoms with Gasteiger partial charge in [0.25, 0.3) is 5.56 Å². The normalized spacial score (nSPS) is 15.6. The van der Waals surface area contributed by atoms with Gasteiger partial charge in [-0.25, -0.2) is 4.79 Å². The number of hydrogen-bond donors (Lipinski definition) is 2. The zero-order valence-corrected chi connectivity index (χ0v) is 10.2. The summed E-state index contributed by atoms with van der Waals surface area (Å²) in [6, 6.07) is 0. The van der Waals surface area contributed by atoms with Crippen LogP contribution in [0, 0.1) is 5.41 Å². The summed E-state index contributed by atoms with van der Waals surface area (Å²) in [5, 5.41) is 7.73. The molecule has 1 aliphatic rings. The second-order valence-corrected chi connectivity index (χ2v) is 4.43. The van der Waals surface area contributed by atoms with E-state index in [2.05, 4.69) is 4.98 Å². The summed E-state index contributed by atoms with van der Waals surface area (Å²) < 4.78 is 1.31. The molecular weight excluding hydrogens is 244 g/mol. The smallest absolute Gasteiger partial charge is 0.328 e. The third-order valence-corrected chi connectivity index (χ3v) is 3.34. The van der Waals surface area contributed by atoms with Crippen LogP contribution in [-0.2, 0) is 13.6 Å². The molecule has 0 atom stereocenters. The van der Waals surface area contributed by atoms with Crippen LogP contribution >= 0.6 is 11.6 Å². The van der Waals surface area contributed by atoms with Crippen molar-refractivity contribution in [2.45, 2.75) is 19.4 Å². The van der Waals surface area contributed by atoms with E-state index >= 15 is 0 Å². The van der Waals surface area contributed by atoms with E-state index in [4.69, 9.17) is 17.0 Å². The first-order valence-electron chi connectivity index (χ1n) is 5.30. The number of nitrogens with one attached hydrogen (secondary N) is 2. The molecule has 0 saturated carbocycles. The molecular formula is C10H13ClN4O2. The first-order valence-corrected chi connectivity index (χ1v) is 5.68. The Hall–Kier alpha value is -1.56. The van der Waals surface area contributed by atoms with Crippen molar-refractivity contribution in [3.05, 3.63) is 31.6 Å². The Bertz CT molecular complexity index is 540. The van der Waals surface area contributed by atoms with Gasteiger partial charge in [-0.1, -0.05) is 11.6 Å². The van der Waals surface area contributed by atoms with Crippen LogP contribution in [0.25, 0.3) is 0 Å². The summed E-state index contributed by atoms with van der Waals surface area (Å²) in [4.78, 5) is 26.8. The van der Waals surface area contributed by atoms with Gasteiger partial charge in [-0.2, -0.15) is 0 Å². The van der Waals surface area contributed by atoms with E-state index in [1.54, 1.807) is 7.05 Å². The third kappa shape index (κ3) is 2.12. The van der Waals surface area contributed by atoms with Gasteiger partial charge in [0.15, 0.2) is 0 Å². The quantitative estimate of drug-likeness (QED) is 0.799. The number of nitrogens with zero attached hydrogens (tertiary/aromatic N) is 2. The number of H-pyrrole nitrogens is 1. The van der Waals surface area contributed by atoms with E-state index in [1.807, 2.05) is 4.90 Å². The lowest BCUT2D eigenvalue weighted by Crippen LogP contribution is -2.35. The zero-order valence-electron chi connectivity index (χ0n) is 9.42. The molecule has 0 aromatic carbocycles. The topological polar surface area (TPSA) is 81.9 Å². The minimum absolute atomic E-state index is 0.0202. The van der Waals surface area contributed by atoms with Crippen LogP contribution in [0.3, 0.4) is 0 Å². The number of aromatic amines is 1. The summed E-state index contributed by atoms with van der Waals surface area (Å²) in [6.45, 7) is 1.09. The van der Waals surface area contributed by atoms with Gasteiger partial charge in [-0.3, -0.25) is 19.8 Å². The minimum atomic E-state index is -0.574. The molecule has 6 nitrogen and oxygen atoms in total. The van der Waals surface area contributed by atoms with Crippen LogP contribution in [0.2, 0.25) is 5.02 Å². The molecule has 2 N–H and O–H groups in total. The number of rotatable bonds is 2. The molecule has 17 heavy (non-hydrogen) atoms. The van der Waals surface area contributed by atoms with Gasteiger partial charge >= 0.3 is 5.69 Å². The summed E-state index contributed by atoms with van der Waals surface area (Å²) in [6.07, 6.45) is 1.66. The van der Waals surface area contributed by atoms with E-state index in [1.165, 1.54) is 4.57 Å². The van der Waals surface area contributed by atoms with Crippen LogP contribution in [-0.4, -0.2) is 26.8 Å². The fraction of sp³-hybridized carbons (Fsp3) is 0.500. The largest absolute Gasteiger partial charge is 0.355 e. The van der Waals surface area contributed by atoms with Crippen molar-refractivity contribution in [3.8, 4) is 0 Å². The lowest BCUT2D eigenvalue weighted by molar-refractivity contribution is 0.428. The summed E-state index contributed by atoms with van der Waals surface area (Å²) in [5.74, 6) is 0.522. The maximum absolute atomic E-state index is 11.4. The lowest BCUT2D eigenvalue weighted by Gasteiger charge is -2.19. The molecule has 0 aliphatic carbocycles. The van der Waals surface area contributed by atoms with E-state index in [9.17, 15) is 9.59 Å². The van der Waals surface area contributed by atoms with Crippen molar-refractivity contribution in [2.75, 3.05) is 6.54 Å². The van der Waals surface area contributed by atoms with Gasteiger partial charge in [-0.05, 0) is 6.42 Å². The molecule has 0 spiro atoms. The van der Waals surface area contributed by atoms with E-state index in [0.717, 1.165) is 19.4 Å². The first kappa shape index (κ1) is 11.9. The number of amidine groups is 1. The van der Waals surface area contributed by atoms with Crippen molar-refractivity contribution in [1.29, 1.82) is 5.41 Å². The van der Waals surface area contributed by atoms with Crippen molar-refractivity contribution >= 4 is 17.4 Å². The van der Waals surface area contributed by atoms with Crippen LogP contribution < -0.4 is 11.2 Å². The molecule has 1 saturated heterocycles. The SMILES string of the molecule is Cn1c(CN2CCCC2=N)c(Cl)c(=O)[nH]c1=O.